The molecule has 0 radical (unpaired) electrons. The number of aliphatic hydroxyl groups is 5. The van der Waals surface area contributed by atoms with Crippen LogP contribution in [-0.4, -0.2) is 158 Å². The van der Waals surface area contributed by atoms with E-state index >= 15 is 0 Å². The van der Waals surface area contributed by atoms with Gasteiger partial charge in [0, 0.05) is 26.0 Å². The lowest BCUT2D eigenvalue weighted by Crippen LogP contribution is -2.71. The van der Waals surface area contributed by atoms with Gasteiger partial charge in [0.25, 0.3) is 11.6 Å². The quantitative estimate of drug-likeness (QED) is 0.0221. The molecule has 1 fully saturated rings. The van der Waals surface area contributed by atoms with Crippen LogP contribution in [0.15, 0.2) is 12.2 Å². The zero-order chi connectivity index (χ0) is 45.9. The summed E-state index contributed by atoms with van der Waals surface area (Å²) >= 11 is 0. The number of ketones is 2. The van der Waals surface area contributed by atoms with E-state index in [2.05, 4.69) is 43.8 Å². The SMILES string of the molecule is CC(=O)OOC(=O)C(=O)COC(=O)[C@H](N)CCC(=O)OOC(=O)/C=C\C(=O)OOC(=O)CC[C@@H](N)C(=O)OC(C(=O)C(=O)OOC(C)=O)C1(O)O[C@H](CO)[C@@H](O)[C@H](O)[C@H]1O. The molecule has 30 nitrogen and oxygen atoms in total. The first-order valence-electron chi connectivity index (χ1n) is 16.2. The van der Waals surface area contributed by atoms with E-state index in [1.807, 2.05) is 0 Å². The van der Waals surface area contributed by atoms with Crippen LogP contribution in [-0.2, 0) is 111 Å². The molecule has 1 rings (SSSR count). The molecule has 1 heterocycles. The van der Waals surface area contributed by atoms with Crippen molar-refractivity contribution in [1.82, 2.24) is 0 Å². The summed E-state index contributed by atoms with van der Waals surface area (Å²) in [6.07, 6.45) is -14.4. The molecular formula is C30H36N2O28. The van der Waals surface area contributed by atoms with Crippen molar-refractivity contribution >= 4 is 71.3 Å². The van der Waals surface area contributed by atoms with Crippen LogP contribution < -0.4 is 11.5 Å². The third-order valence-electron chi connectivity index (χ3n) is 6.80. The molecular weight excluding hydrogens is 836 g/mol. The minimum atomic E-state index is -3.61. The molecule has 334 valence electrons. The maximum absolute atomic E-state index is 12.8. The van der Waals surface area contributed by atoms with Gasteiger partial charge in [0.2, 0.25) is 11.9 Å². The average Bonchev–Trinajstić information content (AvgIpc) is 3.21. The Balaban J connectivity index is 2.61. The van der Waals surface area contributed by atoms with Gasteiger partial charge in [-0.3, -0.25) is 19.2 Å². The Kier molecular flexibility index (Phi) is 20.9. The molecule has 1 saturated heterocycles. The molecule has 2 unspecified atom stereocenters. The molecule has 0 amide bonds. The molecule has 9 N–H and O–H groups in total. The van der Waals surface area contributed by atoms with Crippen molar-refractivity contribution in [2.24, 2.45) is 11.5 Å². The molecule has 1 aliphatic rings. The lowest BCUT2D eigenvalue weighted by molar-refractivity contribution is -0.370. The second-order valence-electron chi connectivity index (χ2n) is 11.5. The van der Waals surface area contributed by atoms with Gasteiger partial charge in [-0.2, -0.15) is 0 Å². The number of ether oxygens (including phenoxy) is 3. The molecule has 60 heavy (non-hydrogen) atoms. The Hall–Kier alpha value is -6.54. The zero-order valence-corrected chi connectivity index (χ0v) is 30.7. The molecule has 1 aliphatic heterocycles. The number of nitrogens with two attached hydrogens (primary N) is 2. The summed E-state index contributed by atoms with van der Waals surface area (Å²) in [7, 11) is 0. The van der Waals surface area contributed by atoms with Crippen molar-refractivity contribution in [2.75, 3.05) is 13.2 Å². The van der Waals surface area contributed by atoms with E-state index < -0.39 is 159 Å². The van der Waals surface area contributed by atoms with Gasteiger partial charge in [0.1, 0.15) is 36.5 Å². The third-order valence-corrected chi connectivity index (χ3v) is 6.80. The van der Waals surface area contributed by atoms with Crippen molar-refractivity contribution in [3.8, 4) is 0 Å². The van der Waals surface area contributed by atoms with Crippen molar-refractivity contribution in [1.29, 1.82) is 0 Å². The Morgan fingerprint density at radius 1 is 0.667 bits per heavy atom. The molecule has 0 spiro atoms. The largest absolute Gasteiger partial charge is 0.456 e. The van der Waals surface area contributed by atoms with E-state index in [4.69, 9.17) is 20.9 Å². The van der Waals surface area contributed by atoms with Crippen LogP contribution in [0.2, 0.25) is 0 Å². The summed E-state index contributed by atoms with van der Waals surface area (Å²) in [5, 5.41) is 50.9. The maximum Gasteiger partial charge on any atom is 0.425 e. The van der Waals surface area contributed by atoms with Gasteiger partial charge in [-0.25, -0.2) is 77.5 Å². The molecule has 0 aromatic carbocycles. The normalized spacial score (nSPS) is 21.0. The number of esters is 2. The summed E-state index contributed by atoms with van der Waals surface area (Å²) < 4.78 is 14.1. The van der Waals surface area contributed by atoms with Gasteiger partial charge in [-0.15, -0.1) is 0 Å². The number of hydrogen-bond acceptors (Lipinski definition) is 30. The smallest absolute Gasteiger partial charge is 0.425 e. The topological polar surface area (TPSA) is 460 Å². The summed E-state index contributed by atoms with van der Waals surface area (Å²) in [5.74, 6) is -22.0. The Morgan fingerprint density at radius 3 is 1.60 bits per heavy atom. The zero-order valence-electron chi connectivity index (χ0n) is 30.7. The number of rotatable bonds is 18. The monoisotopic (exact) mass is 872 g/mol. The molecule has 0 saturated carbocycles. The van der Waals surface area contributed by atoms with Crippen molar-refractivity contribution < 1.29 is 136 Å². The lowest BCUT2D eigenvalue weighted by Gasteiger charge is -2.47. The first-order chi connectivity index (χ1) is 27.9. The van der Waals surface area contributed by atoms with Gasteiger partial charge in [0.05, 0.1) is 19.4 Å². The molecule has 0 aromatic heterocycles. The predicted molar refractivity (Wildman–Crippen MR) is 169 cm³/mol. The van der Waals surface area contributed by atoms with Gasteiger partial charge in [0.15, 0.2) is 6.61 Å². The first-order valence-corrected chi connectivity index (χ1v) is 16.2. The second kappa shape index (κ2) is 24.4. The lowest BCUT2D eigenvalue weighted by atomic mass is 9.87. The molecule has 30 heteroatoms. The number of Topliss-reactive ketones (excluding diaryl/α,β-unsaturated/α-hetero) is 2. The second-order valence-corrected chi connectivity index (χ2v) is 11.5. The highest BCUT2D eigenvalue weighted by atomic mass is 17.2. The number of aliphatic hydroxyl groups excluding tert-OH is 4. The van der Waals surface area contributed by atoms with Crippen LogP contribution >= 0.6 is 0 Å². The Labute approximate surface area is 332 Å². The fraction of sp³-hybridized carbons (Fsp3) is 0.533. The number of carbonyl (C=O) groups excluding carboxylic acids is 12. The molecule has 0 aliphatic carbocycles. The minimum absolute atomic E-state index is 0.301. The molecule has 0 bridgehead atoms. The summed E-state index contributed by atoms with van der Waals surface area (Å²) in [5.41, 5.74) is 11.1. The fourth-order valence-electron chi connectivity index (χ4n) is 3.85. The molecule has 0 aromatic rings. The van der Waals surface area contributed by atoms with E-state index in [9.17, 15) is 83.1 Å². The highest BCUT2D eigenvalue weighted by Gasteiger charge is 2.62. The van der Waals surface area contributed by atoms with Crippen LogP contribution in [0.1, 0.15) is 39.5 Å². The highest BCUT2D eigenvalue weighted by Crippen LogP contribution is 2.33. The Morgan fingerprint density at radius 2 is 1.13 bits per heavy atom. The fourth-order valence-corrected chi connectivity index (χ4v) is 3.85. The number of carbonyl (C=O) groups is 12. The third kappa shape index (κ3) is 16.7. The van der Waals surface area contributed by atoms with Gasteiger partial charge in [-0.05, 0) is 12.8 Å². The standard InChI is InChI=1S/C30H36N2O28/c1-11(34)53-59-28(47)15(36)10-50-26(45)13(31)3-5-17(37)55-57-19(39)7-8-20(40)58-56-18(38)6-4-14(32)27(46)51-25(23(43)29(48)60-54-12(2)35)30(49)24(44)22(42)21(41)16(9-33)52-30/h7-8,13-14,16,21-22,24-25,33,41-42,44,49H,3-6,9-10,31-32H2,1-2H3/b8-7-/t13-,14-,16-,21-,22+,24-,25?,30?/m1/s1. The van der Waals surface area contributed by atoms with Crippen LogP contribution in [0.4, 0.5) is 0 Å². The summed E-state index contributed by atoms with van der Waals surface area (Å²) in [6, 6.07) is -3.52. The van der Waals surface area contributed by atoms with Gasteiger partial charge in [-0.1, -0.05) is 0 Å². The molecule has 8 atom stereocenters. The van der Waals surface area contributed by atoms with Gasteiger partial charge >= 0.3 is 59.7 Å². The van der Waals surface area contributed by atoms with E-state index in [0.717, 1.165) is 13.8 Å². The Bertz CT molecular complexity index is 1690. The highest BCUT2D eigenvalue weighted by molar-refractivity contribution is 6.36. The van der Waals surface area contributed by atoms with Crippen LogP contribution in [0.3, 0.4) is 0 Å². The number of hydrogen-bond donors (Lipinski definition) is 7. The van der Waals surface area contributed by atoms with Crippen LogP contribution in [0, 0.1) is 0 Å². The van der Waals surface area contributed by atoms with Gasteiger partial charge < -0.3 is 51.2 Å². The van der Waals surface area contributed by atoms with E-state index in [1.54, 1.807) is 0 Å². The van der Waals surface area contributed by atoms with E-state index in [1.165, 1.54) is 0 Å². The van der Waals surface area contributed by atoms with Crippen LogP contribution in [0.25, 0.3) is 0 Å². The summed E-state index contributed by atoms with van der Waals surface area (Å²) in [4.78, 5) is 173. The van der Waals surface area contributed by atoms with Crippen molar-refractivity contribution in [2.45, 2.75) is 87.9 Å². The minimum Gasteiger partial charge on any atom is -0.456 e. The van der Waals surface area contributed by atoms with E-state index in [0.29, 0.717) is 12.2 Å². The average molecular weight is 873 g/mol. The predicted octanol–water partition coefficient (Wildman–Crippen LogP) is -7.44. The van der Waals surface area contributed by atoms with Crippen molar-refractivity contribution in [3.05, 3.63) is 12.2 Å². The van der Waals surface area contributed by atoms with Crippen LogP contribution in [0.5, 0.6) is 0 Å². The maximum atomic E-state index is 12.8. The summed E-state index contributed by atoms with van der Waals surface area (Å²) in [6.45, 7) is -0.741. The first kappa shape index (κ1) is 51.5. The van der Waals surface area contributed by atoms with E-state index in [-0.39, 0.29) is 0 Å². The van der Waals surface area contributed by atoms with Crippen molar-refractivity contribution in [3.63, 3.8) is 0 Å².